The van der Waals surface area contributed by atoms with Crippen molar-refractivity contribution < 1.29 is 17.9 Å². The summed E-state index contributed by atoms with van der Waals surface area (Å²) in [4.78, 5) is 14.9. The highest BCUT2D eigenvalue weighted by Crippen LogP contribution is 2.25. The normalized spacial score (nSPS) is 14.7. The van der Waals surface area contributed by atoms with E-state index in [-0.39, 0.29) is 10.8 Å². The van der Waals surface area contributed by atoms with Crippen molar-refractivity contribution in [2.24, 2.45) is 5.14 Å². The monoisotopic (exact) mass is 446 g/mol. The molecule has 2 aromatic carbocycles. The minimum Gasteiger partial charge on any atom is -0.378 e. The molecule has 0 saturated carbocycles. The van der Waals surface area contributed by atoms with Crippen molar-refractivity contribution in [3.63, 3.8) is 0 Å². The second-order valence-electron chi connectivity index (χ2n) is 6.78. The number of carbonyl (C=O) groups excluding carboxylic acids is 1. The molecule has 30 heavy (non-hydrogen) atoms. The summed E-state index contributed by atoms with van der Waals surface area (Å²) in [5.74, 6) is -0.159. The first-order valence-corrected chi connectivity index (χ1v) is 11.1. The number of morpholine rings is 1. The largest absolute Gasteiger partial charge is 0.378 e. The van der Waals surface area contributed by atoms with Gasteiger partial charge in [0.2, 0.25) is 10.0 Å². The van der Waals surface area contributed by atoms with E-state index >= 15 is 0 Å². The molecule has 4 rings (SSSR count). The quantitative estimate of drug-likeness (QED) is 0.661. The molecule has 10 heteroatoms. The van der Waals surface area contributed by atoms with Gasteiger partial charge < -0.3 is 9.64 Å². The molecule has 2 N–H and O–H groups in total. The lowest BCUT2D eigenvalue weighted by Crippen LogP contribution is -2.41. The SMILES string of the molecule is NS(=O)(=O)c1ccc(-c2cc(C(=O)N3CCOCC3)n(-c3ccc(Cl)cc3)n2)cc1. The number of nitrogens with zero attached hydrogens (tertiary/aromatic N) is 3. The standard InChI is InChI=1S/C20H19ClN4O4S/c21-15-3-5-16(6-4-15)25-19(20(26)24-9-11-29-12-10-24)13-18(23-25)14-1-7-17(8-2-14)30(22,27)28/h1-8,13H,9-12H2,(H2,22,27,28). The number of primary sulfonamides is 1. The van der Waals surface area contributed by atoms with Crippen LogP contribution in [0, 0.1) is 0 Å². The van der Waals surface area contributed by atoms with Gasteiger partial charge in [0, 0.05) is 23.7 Å². The summed E-state index contributed by atoms with van der Waals surface area (Å²) in [5, 5.41) is 10.3. The number of aromatic nitrogens is 2. The topological polar surface area (TPSA) is 108 Å². The molecular weight excluding hydrogens is 428 g/mol. The Morgan fingerprint density at radius 1 is 1.03 bits per heavy atom. The number of amides is 1. The number of nitrogens with two attached hydrogens (primary N) is 1. The number of halogens is 1. The van der Waals surface area contributed by atoms with Crippen LogP contribution in [0.15, 0.2) is 59.5 Å². The van der Waals surface area contributed by atoms with Crippen LogP contribution in [-0.2, 0) is 14.8 Å². The van der Waals surface area contributed by atoms with Gasteiger partial charge in [0.05, 0.1) is 29.5 Å². The highest BCUT2D eigenvalue weighted by atomic mass is 35.5. The third kappa shape index (κ3) is 4.24. The predicted octanol–water partition coefficient (Wildman–Crippen LogP) is 2.31. The first kappa shape index (κ1) is 20.5. The molecule has 1 amide bonds. The van der Waals surface area contributed by atoms with E-state index in [2.05, 4.69) is 5.10 Å². The maximum Gasteiger partial charge on any atom is 0.272 e. The summed E-state index contributed by atoms with van der Waals surface area (Å²) in [6.07, 6.45) is 0. The van der Waals surface area contributed by atoms with Crippen LogP contribution >= 0.6 is 11.6 Å². The van der Waals surface area contributed by atoms with E-state index in [0.29, 0.717) is 54.0 Å². The van der Waals surface area contributed by atoms with Crippen molar-refractivity contribution in [1.82, 2.24) is 14.7 Å². The van der Waals surface area contributed by atoms with E-state index in [4.69, 9.17) is 21.5 Å². The van der Waals surface area contributed by atoms with Crippen molar-refractivity contribution in [1.29, 1.82) is 0 Å². The van der Waals surface area contributed by atoms with Gasteiger partial charge in [-0.05, 0) is 42.5 Å². The smallest absolute Gasteiger partial charge is 0.272 e. The van der Waals surface area contributed by atoms with E-state index < -0.39 is 10.0 Å². The average molecular weight is 447 g/mol. The third-order valence-corrected chi connectivity index (χ3v) is 5.96. The van der Waals surface area contributed by atoms with Gasteiger partial charge in [-0.25, -0.2) is 18.2 Å². The second kappa shape index (κ2) is 8.19. The van der Waals surface area contributed by atoms with Crippen LogP contribution < -0.4 is 5.14 Å². The lowest BCUT2D eigenvalue weighted by Gasteiger charge is -2.26. The first-order valence-electron chi connectivity index (χ1n) is 9.19. The molecule has 0 unspecified atom stereocenters. The van der Waals surface area contributed by atoms with E-state index in [1.165, 1.54) is 12.1 Å². The van der Waals surface area contributed by atoms with Crippen LogP contribution in [0.1, 0.15) is 10.5 Å². The van der Waals surface area contributed by atoms with Crippen molar-refractivity contribution in [3.05, 3.63) is 65.3 Å². The van der Waals surface area contributed by atoms with Crippen LogP contribution in [0.25, 0.3) is 16.9 Å². The Morgan fingerprint density at radius 2 is 1.67 bits per heavy atom. The molecular formula is C20H19ClN4O4S. The summed E-state index contributed by atoms with van der Waals surface area (Å²) in [6, 6.07) is 14.7. The molecule has 1 saturated heterocycles. The van der Waals surface area contributed by atoms with Gasteiger partial charge in [-0.1, -0.05) is 23.7 Å². The fraction of sp³-hybridized carbons (Fsp3) is 0.200. The van der Waals surface area contributed by atoms with E-state index in [9.17, 15) is 13.2 Å². The number of hydrogen-bond acceptors (Lipinski definition) is 5. The van der Waals surface area contributed by atoms with Crippen molar-refractivity contribution >= 4 is 27.5 Å². The van der Waals surface area contributed by atoms with Gasteiger partial charge in [0.1, 0.15) is 5.69 Å². The van der Waals surface area contributed by atoms with Crippen LogP contribution in [0.2, 0.25) is 5.02 Å². The molecule has 1 aliphatic heterocycles. The van der Waals surface area contributed by atoms with Gasteiger partial charge in [-0.3, -0.25) is 4.79 Å². The zero-order valence-electron chi connectivity index (χ0n) is 15.9. The molecule has 3 aromatic rings. The average Bonchev–Trinajstić information content (AvgIpc) is 3.19. The molecule has 1 fully saturated rings. The van der Waals surface area contributed by atoms with Crippen LogP contribution in [0.4, 0.5) is 0 Å². The highest BCUT2D eigenvalue weighted by molar-refractivity contribution is 7.89. The Bertz CT molecular complexity index is 1170. The molecule has 1 aromatic heterocycles. The summed E-state index contributed by atoms with van der Waals surface area (Å²) in [6.45, 7) is 1.98. The van der Waals surface area contributed by atoms with E-state index in [1.807, 2.05) is 0 Å². The summed E-state index contributed by atoms with van der Waals surface area (Å²) < 4.78 is 29.9. The Hall–Kier alpha value is -2.72. The molecule has 0 spiro atoms. The van der Waals surface area contributed by atoms with Gasteiger partial charge in [0.15, 0.2) is 0 Å². The van der Waals surface area contributed by atoms with Gasteiger partial charge in [-0.15, -0.1) is 0 Å². The van der Waals surface area contributed by atoms with Crippen molar-refractivity contribution in [3.8, 4) is 16.9 Å². The highest BCUT2D eigenvalue weighted by Gasteiger charge is 2.24. The fourth-order valence-electron chi connectivity index (χ4n) is 3.20. The molecule has 0 radical (unpaired) electrons. The van der Waals surface area contributed by atoms with Gasteiger partial charge in [0.25, 0.3) is 5.91 Å². The lowest BCUT2D eigenvalue weighted by atomic mass is 10.1. The maximum atomic E-state index is 13.2. The molecule has 8 nitrogen and oxygen atoms in total. The molecule has 2 heterocycles. The summed E-state index contributed by atoms with van der Waals surface area (Å²) in [5.41, 5.74) is 2.27. The van der Waals surface area contributed by atoms with Crippen molar-refractivity contribution in [2.75, 3.05) is 26.3 Å². The number of benzene rings is 2. The molecule has 0 atom stereocenters. The number of sulfonamides is 1. The minimum atomic E-state index is -3.79. The molecule has 156 valence electrons. The third-order valence-electron chi connectivity index (χ3n) is 4.78. The fourth-order valence-corrected chi connectivity index (χ4v) is 3.84. The Morgan fingerprint density at radius 3 is 2.27 bits per heavy atom. The predicted molar refractivity (Wildman–Crippen MR) is 112 cm³/mol. The number of hydrogen-bond donors (Lipinski definition) is 1. The zero-order chi connectivity index (χ0) is 21.3. The number of carbonyl (C=O) groups is 1. The number of rotatable bonds is 4. The van der Waals surface area contributed by atoms with Crippen molar-refractivity contribution in [2.45, 2.75) is 4.90 Å². The van der Waals surface area contributed by atoms with Crippen LogP contribution in [0.3, 0.4) is 0 Å². The van der Waals surface area contributed by atoms with E-state index in [0.717, 1.165) is 0 Å². The zero-order valence-corrected chi connectivity index (χ0v) is 17.4. The van der Waals surface area contributed by atoms with E-state index in [1.54, 1.807) is 52.0 Å². The summed E-state index contributed by atoms with van der Waals surface area (Å²) >= 11 is 6.00. The lowest BCUT2D eigenvalue weighted by molar-refractivity contribution is 0.0297. The van der Waals surface area contributed by atoms with Crippen LogP contribution in [0.5, 0.6) is 0 Å². The minimum absolute atomic E-state index is 0.00741. The molecule has 0 aliphatic carbocycles. The summed E-state index contributed by atoms with van der Waals surface area (Å²) in [7, 11) is -3.79. The van der Waals surface area contributed by atoms with Crippen LogP contribution in [-0.4, -0.2) is 55.3 Å². The molecule has 0 bridgehead atoms. The number of ether oxygens (including phenoxy) is 1. The van der Waals surface area contributed by atoms with Gasteiger partial charge >= 0.3 is 0 Å². The molecule has 1 aliphatic rings. The Kier molecular flexibility index (Phi) is 5.61. The first-order chi connectivity index (χ1) is 14.3. The maximum absolute atomic E-state index is 13.2. The second-order valence-corrected chi connectivity index (χ2v) is 8.77. The van der Waals surface area contributed by atoms with Gasteiger partial charge in [-0.2, -0.15) is 5.10 Å². The Balaban J connectivity index is 1.77. The Labute approximate surface area is 178 Å².